The maximum absolute atomic E-state index is 13.1. The summed E-state index contributed by atoms with van der Waals surface area (Å²) in [7, 11) is -3.72. The molecule has 0 aliphatic carbocycles. The standard InChI is InChI=1S/C16H15ClFNO3S/c17-13-2-1-3-15(10-13)23(20,21)19-8-9-22-11-16(19)12-4-6-14(18)7-5-12/h1-7,10,16H,8-9,11H2. The maximum Gasteiger partial charge on any atom is 0.243 e. The first-order valence-electron chi connectivity index (χ1n) is 7.09. The smallest absolute Gasteiger partial charge is 0.243 e. The van der Waals surface area contributed by atoms with E-state index in [9.17, 15) is 12.8 Å². The minimum absolute atomic E-state index is 0.138. The van der Waals surface area contributed by atoms with Crippen molar-refractivity contribution in [1.82, 2.24) is 4.31 Å². The van der Waals surface area contributed by atoms with Gasteiger partial charge in [-0.25, -0.2) is 12.8 Å². The zero-order valence-electron chi connectivity index (χ0n) is 12.2. The van der Waals surface area contributed by atoms with E-state index in [4.69, 9.17) is 16.3 Å². The largest absolute Gasteiger partial charge is 0.378 e. The zero-order valence-corrected chi connectivity index (χ0v) is 13.7. The van der Waals surface area contributed by atoms with Crippen molar-refractivity contribution < 1.29 is 17.5 Å². The zero-order chi connectivity index (χ0) is 16.4. The molecule has 4 nitrogen and oxygen atoms in total. The van der Waals surface area contributed by atoms with Gasteiger partial charge in [-0.2, -0.15) is 4.31 Å². The van der Waals surface area contributed by atoms with Crippen molar-refractivity contribution in [3.05, 3.63) is 64.9 Å². The Labute approximate surface area is 139 Å². The normalized spacial score (nSPS) is 19.7. The summed E-state index contributed by atoms with van der Waals surface area (Å²) in [5, 5.41) is 0.359. The summed E-state index contributed by atoms with van der Waals surface area (Å²) >= 11 is 5.91. The molecule has 0 radical (unpaired) electrons. The lowest BCUT2D eigenvalue weighted by Gasteiger charge is -2.34. The van der Waals surface area contributed by atoms with Crippen LogP contribution in [-0.2, 0) is 14.8 Å². The summed E-state index contributed by atoms with van der Waals surface area (Å²) in [6, 6.07) is 11.5. The van der Waals surface area contributed by atoms with E-state index in [2.05, 4.69) is 0 Å². The molecule has 1 saturated heterocycles. The third-order valence-electron chi connectivity index (χ3n) is 3.74. The molecule has 1 fully saturated rings. The third kappa shape index (κ3) is 3.40. The Morgan fingerprint density at radius 2 is 1.91 bits per heavy atom. The van der Waals surface area contributed by atoms with Gasteiger partial charge >= 0.3 is 0 Å². The first kappa shape index (κ1) is 16.4. The molecule has 122 valence electrons. The second-order valence-corrected chi connectivity index (χ2v) is 7.54. The first-order valence-corrected chi connectivity index (χ1v) is 8.91. The van der Waals surface area contributed by atoms with Crippen LogP contribution in [-0.4, -0.2) is 32.5 Å². The lowest BCUT2D eigenvalue weighted by atomic mass is 10.1. The third-order valence-corrected chi connectivity index (χ3v) is 5.88. The Hall–Kier alpha value is -1.47. The second kappa shape index (κ2) is 6.57. The summed E-state index contributed by atoms with van der Waals surface area (Å²) < 4.78 is 45.8. The van der Waals surface area contributed by atoms with Crippen LogP contribution >= 0.6 is 11.6 Å². The van der Waals surface area contributed by atoms with Crippen molar-refractivity contribution in [3.8, 4) is 0 Å². The number of morpholine rings is 1. The number of halogens is 2. The van der Waals surface area contributed by atoms with Crippen molar-refractivity contribution in [2.24, 2.45) is 0 Å². The predicted molar refractivity (Wildman–Crippen MR) is 85.3 cm³/mol. The summed E-state index contributed by atoms with van der Waals surface area (Å²) in [6.45, 7) is 0.778. The summed E-state index contributed by atoms with van der Waals surface area (Å²) in [5.41, 5.74) is 0.691. The average molecular weight is 356 g/mol. The fraction of sp³-hybridized carbons (Fsp3) is 0.250. The highest BCUT2D eigenvalue weighted by molar-refractivity contribution is 7.89. The van der Waals surface area contributed by atoms with Gasteiger partial charge in [0.25, 0.3) is 0 Å². The Balaban J connectivity index is 1.99. The van der Waals surface area contributed by atoms with Crippen LogP contribution in [0, 0.1) is 5.82 Å². The topological polar surface area (TPSA) is 46.6 Å². The Morgan fingerprint density at radius 1 is 1.17 bits per heavy atom. The SMILES string of the molecule is O=S(=O)(c1cccc(Cl)c1)N1CCOCC1c1ccc(F)cc1. The highest BCUT2D eigenvalue weighted by Gasteiger charge is 2.35. The minimum atomic E-state index is -3.72. The predicted octanol–water partition coefficient (Wildman–Crippen LogP) is 3.24. The maximum atomic E-state index is 13.1. The monoisotopic (exact) mass is 355 g/mol. The quantitative estimate of drug-likeness (QED) is 0.849. The van der Waals surface area contributed by atoms with Crippen LogP contribution in [0.3, 0.4) is 0 Å². The average Bonchev–Trinajstić information content (AvgIpc) is 2.55. The fourth-order valence-corrected chi connectivity index (χ4v) is 4.47. The van der Waals surface area contributed by atoms with Gasteiger partial charge in [-0.05, 0) is 35.9 Å². The molecule has 0 saturated carbocycles. The van der Waals surface area contributed by atoms with Gasteiger partial charge in [-0.15, -0.1) is 0 Å². The number of hydrogen-bond acceptors (Lipinski definition) is 3. The van der Waals surface area contributed by atoms with E-state index < -0.39 is 16.1 Å². The van der Waals surface area contributed by atoms with Crippen LogP contribution in [0.4, 0.5) is 4.39 Å². The van der Waals surface area contributed by atoms with Gasteiger partial charge in [0, 0.05) is 11.6 Å². The Morgan fingerprint density at radius 3 is 2.61 bits per heavy atom. The number of hydrogen-bond donors (Lipinski definition) is 0. The van der Waals surface area contributed by atoms with E-state index in [0.29, 0.717) is 17.2 Å². The van der Waals surface area contributed by atoms with Crippen LogP contribution < -0.4 is 0 Å². The van der Waals surface area contributed by atoms with Crippen LogP contribution in [0.1, 0.15) is 11.6 Å². The number of ether oxygens (including phenoxy) is 1. The summed E-state index contributed by atoms with van der Waals surface area (Å²) in [6.07, 6.45) is 0. The molecule has 7 heteroatoms. The number of nitrogens with zero attached hydrogens (tertiary/aromatic N) is 1. The van der Waals surface area contributed by atoms with Crippen LogP contribution in [0.5, 0.6) is 0 Å². The molecule has 0 N–H and O–H groups in total. The van der Waals surface area contributed by atoms with Crippen molar-refractivity contribution in [2.45, 2.75) is 10.9 Å². The molecular formula is C16H15ClFNO3S. The van der Waals surface area contributed by atoms with Gasteiger partial charge in [0.2, 0.25) is 10.0 Å². The van der Waals surface area contributed by atoms with Gasteiger partial charge in [0.15, 0.2) is 0 Å². The van der Waals surface area contributed by atoms with E-state index in [1.54, 1.807) is 24.3 Å². The molecule has 2 aromatic carbocycles. The summed E-state index contributed by atoms with van der Waals surface area (Å²) in [4.78, 5) is 0.138. The second-order valence-electron chi connectivity index (χ2n) is 5.22. The van der Waals surface area contributed by atoms with Gasteiger partial charge in [-0.3, -0.25) is 0 Å². The van der Waals surface area contributed by atoms with Gasteiger partial charge in [0.05, 0.1) is 24.2 Å². The Kier molecular flexibility index (Phi) is 4.68. The molecule has 1 atom stereocenters. The molecule has 1 heterocycles. The van der Waals surface area contributed by atoms with E-state index in [-0.39, 0.29) is 23.9 Å². The lowest BCUT2D eigenvalue weighted by Crippen LogP contribution is -2.43. The molecule has 1 aliphatic rings. The Bertz CT molecular complexity index is 795. The van der Waals surface area contributed by atoms with Crippen LogP contribution in [0.2, 0.25) is 5.02 Å². The van der Waals surface area contributed by atoms with E-state index >= 15 is 0 Å². The molecule has 0 spiro atoms. The van der Waals surface area contributed by atoms with Crippen molar-refractivity contribution >= 4 is 21.6 Å². The minimum Gasteiger partial charge on any atom is -0.378 e. The van der Waals surface area contributed by atoms with Gasteiger partial charge < -0.3 is 4.74 Å². The van der Waals surface area contributed by atoms with E-state index in [1.807, 2.05) is 0 Å². The van der Waals surface area contributed by atoms with Crippen molar-refractivity contribution in [3.63, 3.8) is 0 Å². The van der Waals surface area contributed by atoms with Crippen LogP contribution in [0.15, 0.2) is 53.4 Å². The molecule has 2 aromatic rings. The number of sulfonamides is 1. The molecule has 23 heavy (non-hydrogen) atoms. The fourth-order valence-electron chi connectivity index (χ4n) is 2.59. The first-order chi connectivity index (χ1) is 11.0. The number of benzene rings is 2. The van der Waals surface area contributed by atoms with Crippen molar-refractivity contribution in [2.75, 3.05) is 19.8 Å². The van der Waals surface area contributed by atoms with Crippen LogP contribution in [0.25, 0.3) is 0 Å². The highest BCUT2D eigenvalue weighted by Crippen LogP contribution is 2.31. The summed E-state index contributed by atoms with van der Waals surface area (Å²) in [5.74, 6) is -0.366. The molecule has 0 aromatic heterocycles. The van der Waals surface area contributed by atoms with Crippen molar-refractivity contribution in [1.29, 1.82) is 0 Å². The van der Waals surface area contributed by atoms with Gasteiger partial charge in [0.1, 0.15) is 5.82 Å². The molecule has 3 rings (SSSR count). The molecule has 0 amide bonds. The molecular weight excluding hydrogens is 341 g/mol. The number of rotatable bonds is 3. The van der Waals surface area contributed by atoms with Gasteiger partial charge in [-0.1, -0.05) is 29.8 Å². The van der Waals surface area contributed by atoms with E-state index in [0.717, 1.165) is 0 Å². The van der Waals surface area contributed by atoms with E-state index in [1.165, 1.54) is 28.6 Å². The molecule has 0 bridgehead atoms. The lowest BCUT2D eigenvalue weighted by molar-refractivity contribution is 0.0320. The highest BCUT2D eigenvalue weighted by atomic mass is 35.5. The molecule has 1 aliphatic heterocycles. The molecule has 1 unspecified atom stereocenters.